The number of fused-ring (bicyclic) bond motifs is 1. The molecule has 3 aromatic rings. The minimum Gasteiger partial charge on any atom is -0.494 e. The molecule has 0 atom stereocenters. The SMILES string of the molecule is COc1cccc2c(C)cc(SCC(=O)Nc3c(C)cccc3C(C)C)nc12. The number of hydrogen-bond donors (Lipinski definition) is 1. The van der Waals surface area contributed by atoms with Crippen molar-refractivity contribution in [3.05, 3.63) is 59.2 Å². The van der Waals surface area contributed by atoms with Crippen molar-refractivity contribution in [3.8, 4) is 5.75 Å². The first kappa shape index (κ1) is 20.2. The Morgan fingerprint density at radius 1 is 1.14 bits per heavy atom. The van der Waals surface area contributed by atoms with Crippen molar-refractivity contribution in [1.82, 2.24) is 4.98 Å². The molecule has 0 spiro atoms. The molecule has 0 fully saturated rings. The second-order valence-electron chi connectivity index (χ2n) is 7.16. The van der Waals surface area contributed by atoms with Gasteiger partial charge in [0, 0.05) is 11.1 Å². The fraction of sp³-hybridized carbons (Fsp3) is 0.304. The van der Waals surface area contributed by atoms with E-state index >= 15 is 0 Å². The lowest BCUT2D eigenvalue weighted by atomic mass is 9.98. The Morgan fingerprint density at radius 3 is 2.61 bits per heavy atom. The highest BCUT2D eigenvalue weighted by atomic mass is 32.2. The second-order valence-corrected chi connectivity index (χ2v) is 8.16. The Bertz CT molecular complexity index is 1010. The van der Waals surface area contributed by atoms with Crippen molar-refractivity contribution >= 4 is 34.3 Å². The number of carbonyl (C=O) groups excluding carboxylic acids is 1. The number of methoxy groups -OCH3 is 1. The molecular formula is C23H26N2O2S. The zero-order valence-corrected chi connectivity index (χ0v) is 17.8. The van der Waals surface area contributed by atoms with Gasteiger partial charge in [0.05, 0.1) is 17.9 Å². The summed E-state index contributed by atoms with van der Waals surface area (Å²) >= 11 is 1.44. The van der Waals surface area contributed by atoms with E-state index in [1.165, 1.54) is 11.8 Å². The molecular weight excluding hydrogens is 368 g/mol. The van der Waals surface area contributed by atoms with Crippen LogP contribution in [0.4, 0.5) is 5.69 Å². The van der Waals surface area contributed by atoms with Crippen molar-refractivity contribution in [2.45, 2.75) is 38.6 Å². The number of amides is 1. The van der Waals surface area contributed by atoms with E-state index in [2.05, 4.69) is 32.2 Å². The molecule has 5 heteroatoms. The highest BCUT2D eigenvalue weighted by molar-refractivity contribution is 7.99. The standard InChI is InChI=1S/C23H26N2O2S/c1-14(2)17-9-6-8-15(3)22(17)24-20(26)13-28-21-12-16(4)18-10-7-11-19(27-5)23(18)25-21/h6-12,14H,13H2,1-5H3,(H,24,26). The van der Waals surface area contributed by atoms with Gasteiger partial charge in [0.2, 0.25) is 5.91 Å². The fourth-order valence-corrected chi connectivity index (χ4v) is 4.02. The predicted molar refractivity (Wildman–Crippen MR) is 118 cm³/mol. The topological polar surface area (TPSA) is 51.2 Å². The number of nitrogens with zero attached hydrogens (tertiary/aromatic N) is 1. The van der Waals surface area contributed by atoms with Gasteiger partial charge in [-0.15, -0.1) is 0 Å². The van der Waals surface area contributed by atoms with Crippen LogP contribution in [0.2, 0.25) is 0 Å². The maximum Gasteiger partial charge on any atom is 0.234 e. The number of anilines is 1. The van der Waals surface area contributed by atoms with Crippen LogP contribution >= 0.6 is 11.8 Å². The number of para-hydroxylation sites is 2. The monoisotopic (exact) mass is 394 g/mol. The van der Waals surface area contributed by atoms with Crippen LogP contribution in [-0.4, -0.2) is 23.8 Å². The van der Waals surface area contributed by atoms with Gasteiger partial charge in [-0.2, -0.15) is 0 Å². The summed E-state index contributed by atoms with van der Waals surface area (Å²) in [5.74, 6) is 1.37. The minimum absolute atomic E-state index is 0.0271. The summed E-state index contributed by atoms with van der Waals surface area (Å²) in [5, 5.41) is 4.98. The van der Waals surface area contributed by atoms with E-state index in [0.717, 1.165) is 44.1 Å². The van der Waals surface area contributed by atoms with Crippen molar-refractivity contribution in [1.29, 1.82) is 0 Å². The van der Waals surface area contributed by atoms with Crippen LogP contribution < -0.4 is 10.1 Å². The molecule has 1 heterocycles. The van der Waals surface area contributed by atoms with E-state index in [0.29, 0.717) is 11.7 Å². The Labute approximate surface area is 170 Å². The quantitative estimate of drug-likeness (QED) is 0.544. The average molecular weight is 395 g/mol. The number of pyridine rings is 1. The number of nitrogens with one attached hydrogen (secondary N) is 1. The molecule has 1 aromatic heterocycles. The Hall–Kier alpha value is -2.53. The molecule has 2 aromatic carbocycles. The van der Waals surface area contributed by atoms with Gasteiger partial charge in [-0.1, -0.05) is 55.9 Å². The van der Waals surface area contributed by atoms with Gasteiger partial charge >= 0.3 is 0 Å². The number of rotatable bonds is 6. The van der Waals surface area contributed by atoms with E-state index < -0.39 is 0 Å². The van der Waals surface area contributed by atoms with Gasteiger partial charge in [-0.25, -0.2) is 4.98 Å². The summed E-state index contributed by atoms with van der Waals surface area (Å²) in [4.78, 5) is 17.3. The molecule has 0 unspecified atom stereocenters. The van der Waals surface area contributed by atoms with E-state index in [1.54, 1.807) is 7.11 Å². The lowest BCUT2D eigenvalue weighted by Gasteiger charge is -2.16. The fourth-order valence-electron chi connectivity index (χ4n) is 3.26. The first-order valence-electron chi connectivity index (χ1n) is 9.37. The average Bonchev–Trinajstić information content (AvgIpc) is 2.67. The second kappa shape index (κ2) is 8.65. The highest BCUT2D eigenvalue weighted by Crippen LogP contribution is 2.30. The van der Waals surface area contributed by atoms with Gasteiger partial charge in [0.1, 0.15) is 11.3 Å². The molecule has 3 rings (SSSR count). The van der Waals surface area contributed by atoms with Crippen LogP contribution in [-0.2, 0) is 4.79 Å². The summed E-state index contributed by atoms with van der Waals surface area (Å²) in [5.41, 5.74) is 5.10. The highest BCUT2D eigenvalue weighted by Gasteiger charge is 2.13. The van der Waals surface area contributed by atoms with Crippen LogP contribution in [0.3, 0.4) is 0 Å². The summed E-state index contributed by atoms with van der Waals surface area (Å²) in [7, 11) is 1.65. The Kier molecular flexibility index (Phi) is 6.25. The van der Waals surface area contributed by atoms with Crippen LogP contribution in [0.15, 0.2) is 47.5 Å². The lowest BCUT2D eigenvalue weighted by molar-refractivity contribution is -0.113. The molecule has 28 heavy (non-hydrogen) atoms. The summed E-state index contributed by atoms with van der Waals surface area (Å²) in [6, 6.07) is 14.0. The van der Waals surface area contributed by atoms with Crippen molar-refractivity contribution < 1.29 is 9.53 Å². The number of thioether (sulfide) groups is 1. The van der Waals surface area contributed by atoms with E-state index in [1.807, 2.05) is 43.3 Å². The summed E-state index contributed by atoms with van der Waals surface area (Å²) in [6.45, 7) is 8.34. The molecule has 0 aliphatic carbocycles. The number of hydrogen-bond acceptors (Lipinski definition) is 4. The normalized spacial score (nSPS) is 11.1. The number of aryl methyl sites for hydroxylation is 2. The van der Waals surface area contributed by atoms with Crippen molar-refractivity contribution in [2.75, 3.05) is 18.2 Å². The summed E-state index contributed by atoms with van der Waals surface area (Å²) in [6.07, 6.45) is 0. The van der Waals surface area contributed by atoms with E-state index in [4.69, 9.17) is 9.72 Å². The molecule has 1 amide bonds. The Balaban J connectivity index is 1.77. The summed E-state index contributed by atoms with van der Waals surface area (Å²) < 4.78 is 5.44. The third-order valence-electron chi connectivity index (χ3n) is 4.75. The van der Waals surface area contributed by atoms with Gasteiger partial charge in [-0.05, 0) is 48.6 Å². The zero-order valence-electron chi connectivity index (χ0n) is 17.0. The zero-order chi connectivity index (χ0) is 20.3. The van der Waals surface area contributed by atoms with Gasteiger partial charge in [0.15, 0.2) is 0 Å². The Morgan fingerprint density at radius 2 is 1.89 bits per heavy atom. The molecule has 0 aliphatic heterocycles. The number of carbonyl (C=O) groups is 1. The minimum atomic E-state index is -0.0271. The van der Waals surface area contributed by atoms with Crippen molar-refractivity contribution in [2.24, 2.45) is 0 Å². The van der Waals surface area contributed by atoms with Crippen LogP contribution in [0.5, 0.6) is 5.75 Å². The van der Waals surface area contributed by atoms with Crippen LogP contribution in [0.25, 0.3) is 10.9 Å². The maximum absolute atomic E-state index is 12.6. The van der Waals surface area contributed by atoms with Gasteiger partial charge in [-0.3, -0.25) is 4.79 Å². The first-order valence-corrected chi connectivity index (χ1v) is 10.4. The predicted octanol–water partition coefficient (Wildman–Crippen LogP) is 5.71. The molecule has 0 bridgehead atoms. The number of ether oxygens (including phenoxy) is 1. The molecule has 1 N–H and O–H groups in total. The third-order valence-corrected chi connectivity index (χ3v) is 5.66. The first-order chi connectivity index (χ1) is 13.4. The largest absolute Gasteiger partial charge is 0.494 e. The van der Waals surface area contributed by atoms with Gasteiger partial charge < -0.3 is 10.1 Å². The molecule has 0 aliphatic rings. The third kappa shape index (κ3) is 4.30. The number of benzene rings is 2. The molecule has 0 saturated carbocycles. The van der Waals surface area contributed by atoms with Gasteiger partial charge in [0.25, 0.3) is 0 Å². The number of aromatic nitrogens is 1. The maximum atomic E-state index is 12.6. The lowest BCUT2D eigenvalue weighted by Crippen LogP contribution is -2.16. The van der Waals surface area contributed by atoms with Crippen molar-refractivity contribution in [3.63, 3.8) is 0 Å². The smallest absolute Gasteiger partial charge is 0.234 e. The van der Waals surface area contributed by atoms with Crippen LogP contribution in [0, 0.1) is 13.8 Å². The molecule has 0 saturated heterocycles. The molecule has 146 valence electrons. The molecule has 0 radical (unpaired) electrons. The van der Waals surface area contributed by atoms with Crippen LogP contribution in [0.1, 0.15) is 36.5 Å². The van der Waals surface area contributed by atoms with E-state index in [9.17, 15) is 4.79 Å². The van der Waals surface area contributed by atoms with E-state index in [-0.39, 0.29) is 5.91 Å². The molecule has 4 nitrogen and oxygen atoms in total.